The molecule has 0 bridgehead atoms. The molecule has 0 aliphatic carbocycles. The van der Waals surface area contributed by atoms with Crippen LogP contribution in [-0.2, 0) is 11.2 Å². The Labute approximate surface area is 142 Å². The first kappa shape index (κ1) is 18.6. The number of carbonyl (C=O) groups excluding carboxylic acids is 1. The van der Waals surface area contributed by atoms with E-state index in [9.17, 15) is 13.6 Å². The lowest BCUT2D eigenvalue weighted by Gasteiger charge is -2.35. The van der Waals surface area contributed by atoms with Crippen molar-refractivity contribution >= 4 is 6.09 Å². The van der Waals surface area contributed by atoms with Crippen molar-refractivity contribution in [2.45, 2.75) is 51.7 Å². The van der Waals surface area contributed by atoms with E-state index in [0.717, 1.165) is 25.0 Å². The van der Waals surface area contributed by atoms with Gasteiger partial charge in [0.15, 0.2) is 0 Å². The van der Waals surface area contributed by atoms with Crippen molar-refractivity contribution in [3.8, 4) is 0 Å². The third-order valence-corrected chi connectivity index (χ3v) is 4.26. The third kappa shape index (κ3) is 5.16. The number of ether oxygens (including phenoxy) is 1. The van der Waals surface area contributed by atoms with Crippen LogP contribution in [0.4, 0.5) is 13.6 Å². The Hall–Kier alpha value is -1.69. The molecule has 6 heteroatoms. The zero-order valence-electron chi connectivity index (χ0n) is 14.5. The minimum atomic E-state index is -0.515. The highest BCUT2D eigenvalue weighted by atomic mass is 19.1. The predicted octanol–water partition coefficient (Wildman–Crippen LogP) is 3.48. The van der Waals surface area contributed by atoms with E-state index in [1.54, 1.807) is 4.90 Å². The molecule has 1 aliphatic heterocycles. The lowest BCUT2D eigenvalue weighted by atomic mass is 9.86. The summed E-state index contributed by atoms with van der Waals surface area (Å²) in [5.41, 5.74) is 5.99. The first-order valence-corrected chi connectivity index (χ1v) is 8.33. The summed E-state index contributed by atoms with van der Waals surface area (Å²) in [5.74, 6) is -0.720. The topological polar surface area (TPSA) is 55.6 Å². The van der Waals surface area contributed by atoms with Gasteiger partial charge in [0.2, 0.25) is 0 Å². The van der Waals surface area contributed by atoms with Gasteiger partial charge in [-0.15, -0.1) is 0 Å². The summed E-state index contributed by atoms with van der Waals surface area (Å²) in [6.45, 7) is 6.64. The molecule has 1 aromatic carbocycles. The van der Waals surface area contributed by atoms with Gasteiger partial charge in [-0.05, 0) is 69.7 Å². The van der Waals surface area contributed by atoms with E-state index >= 15 is 0 Å². The fourth-order valence-corrected chi connectivity index (χ4v) is 2.96. The Morgan fingerprint density at radius 3 is 2.54 bits per heavy atom. The number of amides is 1. The Kier molecular flexibility index (Phi) is 5.80. The van der Waals surface area contributed by atoms with Gasteiger partial charge < -0.3 is 15.4 Å². The summed E-state index contributed by atoms with van der Waals surface area (Å²) >= 11 is 0. The number of nitrogens with zero attached hydrogens (tertiary/aromatic N) is 1. The van der Waals surface area contributed by atoms with Crippen LogP contribution in [-0.4, -0.2) is 35.7 Å². The highest BCUT2D eigenvalue weighted by Gasteiger charge is 2.29. The molecule has 1 fully saturated rings. The molecule has 0 saturated carbocycles. The van der Waals surface area contributed by atoms with Crippen LogP contribution in [0, 0.1) is 17.6 Å². The van der Waals surface area contributed by atoms with E-state index in [4.69, 9.17) is 10.5 Å². The maximum absolute atomic E-state index is 13.7. The van der Waals surface area contributed by atoms with E-state index < -0.39 is 17.2 Å². The van der Waals surface area contributed by atoms with Crippen LogP contribution in [0.3, 0.4) is 0 Å². The van der Waals surface area contributed by atoms with E-state index in [2.05, 4.69) is 0 Å². The first-order valence-electron chi connectivity index (χ1n) is 8.33. The number of halogens is 2. The van der Waals surface area contributed by atoms with Crippen molar-refractivity contribution in [2.24, 2.45) is 11.7 Å². The molecule has 1 heterocycles. The quantitative estimate of drug-likeness (QED) is 0.916. The van der Waals surface area contributed by atoms with Crippen LogP contribution in [0.25, 0.3) is 0 Å². The van der Waals surface area contributed by atoms with Gasteiger partial charge in [0, 0.05) is 19.1 Å². The number of nitrogens with two attached hydrogens (primary N) is 1. The number of hydrogen-bond acceptors (Lipinski definition) is 3. The van der Waals surface area contributed by atoms with Crippen LogP contribution >= 0.6 is 0 Å². The largest absolute Gasteiger partial charge is 0.444 e. The maximum atomic E-state index is 13.7. The van der Waals surface area contributed by atoms with Crippen molar-refractivity contribution in [2.75, 3.05) is 13.1 Å². The van der Waals surface area contributed by atoms with E-state index in [1.807, 2.05) is 20.8 Å². The van der Waals surface area contributed by atoms with Gasteiger partial charge >= 0.3 is 6.09 Å². The van der Waals surface area contributed by atoms with Gasteiger partial charge in [-0.1, -0.05) is 0 Å². The van der Waals surface area contributed by atoms with Gasteiger partial charge in [-0.3, -0.25) is 0 Å². The Morgan fingerprint density at radius 1 is 1.33 bits per heavy atom. The summed E-state index contributed by atoms with van der Waals surface area (Å²) in [4.78, 5) is 13.7. The van der Waals surface area contributed by atoms with Crippen molar-refractivity contribution in [1.29, 1.82) is 0 Å². The number of likely N-dealkylation sites (tertiary alicyclic amines) is 1. The average molecular weight is 340 g/mol. The lowest BCUT2D eigenvalue weighted by Crippen LogP contribution is -2.45. The zero-order chi connectivity index (χ0) is 17.9. The van der Waals surface area contributed by atoms with Gasteiger partial charge in [-0.2, -0.15) is 0 Å². The number of carbonyl (C=O) groups is 1. The Bertz CT molecular complexity index is 579. The maximum Gasteiger partial charge on any atom is 0.410 e. The van der Waals surface area contributed by atoms with Crippen molar-refractivity contribution in [3.63, 3.8) is 0 Å². The average Bonchev–Trinajstić information content (AvgIpc) is 2.49. The van der Waals surface area contributed by atoms with E-state index in [1.165, 1.54) is 6.07 Å². The second kappa shape index (κ2) is 7.47. The summed E-state index contributed by atoms with van der Waals surface area (Å²) in [6.07, 6.45) is 1.45. The molecular formula is C18H26F2N2O2. The molecular weight excluding hydrogens is 314 g/mol. The highest BCUT2D eigenvalue weighted by molar-refractivity contribution is 5.68. The molecule has 2 rings (SSSR count). The highest BCUT2D eigenvalue weighted by Crippen LogP contribution is 2.24. The Balaban J connectivity index is 1.87. The summed E-state index contributed by atoms with van der Waals surface area (Å²) < 4.78 is 32.3. The molecule has 1 atom stereocenters. The monoisotopic (exact) mass is 340 g/mol. The lowest BCUT2D eigenvalue weighted by molar-refractivity contribution is 0.0174. The van der Waals surface area contributed by atoms with Crippen LogP contribution < -0.4 is 5.73 Å². The van der Waals surface area contributed by atoms with Gasteiger partial charge in [0.05, 0.1) is 0 Å². The van der Waals surface area contributed by atoms with Crippen molar-refractivity contribution in [1.82, 2.24) is 4.90 Å². The predicted molar refractivity (Wildman–Crippen MR) is 88.6 cm³/mol. The van der Waals surface area contributed by atoms with Crippen molar-refractivity contribution < 1.29 is 18.3 Å². The molecule has 1 amide bonds. The van der Waals surface area contributed by atoms with Gasteiger partial charge in [-0.25, -0.2) is 13.6 Å². The molecule has 1 saturated heterocycles. The molecule has 0 radical (unpaired) electrons. The summed E-state index contributed by atoms with van der Waals surface area (Å²) in [5, 5.41) is 0. The molecule has 2 N–H and O–H groups in total. The minimum Gasteiger partial charge on any atom is -0.444 e. The van der Waals surface area contributed by atoms with E-state index in [-0.39, 0.29) is 18.1 Å². The molecule has 1 aliphatic rings. The number of hydrogen-bond donors (Lipinski definition) is 1. The first-order chi connectivity index (χ1) is 11.2. The molecule has 134 valence electrons. The molecule has 4 nitrogen and oxygen atoms in total. The summed E-state index contributed by atoms with van der Waals surface area (Å²) in [6, 6.07) is 3.17. The molecule has 0 spiro atoms. The molecule has 1 unspecified atom stereocenters. The van der Waals surface area contributed by atoms with Crippen LogP contribution in [0.1, 0.15) is 39.2 Å². The molecule has 0 aromatic heterocycles. The second-order valence-electron chi connectivity index (χ2n) is 7.41. The fourth-order valence-electron chi connectivity index (χ4n) is 2.96. The van der Waals surface area contributed by atoms with Gasteiger partial charge in [0.1, 0.15) is 17.2 Å². The minimum absolute atomic E-state index is 0.173. The summed E-state index contributed by atoms with van der Waals surface area (Å²) in [7, 11) is 0. The number of rotatable bonds is 3. The third-order valence-electron chi connectivity index (χ3n) is 4.26. The van der Waals surface area contributed by atoms with Gasteiger partial charge in [0.25, 0.3) is 0 Å². The zero-order valence-corrected chi connectivity index (χ0v) is 14.5. The Morgan fingerprint density at radius 2 is 1.96 bits per heavy atom. The SMILES string of the molecule is CC(C)(C)OC(=O)N1CCC(C(N)Cc2cc(F)ccc2F)CC1. The van der Waals surface area contributed by atoms with E-state index in [0.29, 0.717) is 25.1 Å². The number of piperidine rings is 1. The smallest absolute Gasteiger partial charge is 0.410 e. The second-order valence-corrected chi connectivity index (χ2v) is 7.41. The number of benzene rings is 1. The molecule has 1 aromatic rings. The van der Waals surface area contributed by atoms with Crippen LogP contribution in [0.5, 0.6) is 0 Å². The van der Waals surface area contributed by atoms with Crippen molar-refractivity contribution in [3.05, 3.63) is 35.4 Å². The fraction of sp³-hybridized carbons (Fsp3) is 0.611. The van der Waals surface area contributed by atoms with Crippen LogP contribution in [0.15, 0.2) is 18.2 Å². The van der Waals surface area contributed by atoms with Crippen LogP contribution in [0.2, 0.25) is 0 Å². The molecule has 24 heavy (non-hydrogen) atoms. The normalized spacial score (nSPS) is 17.7. The standard InChI is InChI=1S/C18H26F2N2O2/c1-18(2,3)24-17(23)22-8-6-12(7-9-22)16(21)11-13-10-14(19)4-5-15(13)20/h4-5,10,12,16H,6-9,11,21H2,1-3H3.